The lowest BCUT2D eigenvalue weighted by Crippen LogP contribution is -2.47. The number of thiophene rings is 1. The Hall–Kier alpha value is -2.59. The summed E-state index contributed by atoms with van der Waals surface area (Å²) in [5, 5.41) is 2.85. The molecule has 1 saturated carbocycles. The fourth-order valence-corrected chi connectivity index (χ4v) is 5.84. The van der Waals surface area contributed by atoms with Crippen molar-refractivity contribution in [1.29, 1.82) is 0 Å². The average molecular weight is 461 g/mol. The standard InChI is InChI=1S/C21H24N4O4S2/c1-11-15-17(26)23-13(3)24-18(15)31-16(11)20(28)29-12(2)19(27)25(21-22-9-10-30-21)14-7-5-4-6-8-14/h9-10,12,14H,4-8H2,1-3H3,(H,23,24,26). The Morgan fingerprint density at radius 3 is 2.68 bits per heavy atom. The number of carbonyl (C=O) groups excluding carboxylic acids is 2. The van der Waals surface area contributed by atoms with Crippen LogP contribution in [0.4, 0.5) is 5.13 Å². The van der Waals surface area contributed by atoms with Gasteiger partial charge >= 0.3 is 5.97 Å². The van der Waals surface area contributed by atoms with Gasteiger partial charge in [-0.15, -0.1) is 22.7 Å². The zero-order valence-corrected chi connectivity index (χ0v) is 19.3. The van der Waals surface area contributed by atoms with Crippen molar-refractivity contribution in [3.05, 3.63) is 38.2 Å². The van der Waals surface area contributed by atoms with Gasteiger partial charge in [0.25, 0.3) is 11.5 Å². The third kappa shape index (κ3) is 4.27. The van der Waals surface area contributed by atoms with Crippen LogP contribution in [0.15, 0.2) is 16.4 Å². The summed E-state index contributed by atoms with van der Waals surface area (Å²) in [6, 6.07) is 0.0605. The van der Waals surface area contributed by atoms with Gasteiger partial charge in [0.15, 0.2) is 11.2 Å². The molecule has 0 spiro atoms. The summed E-state index contributed by atoms with van der Waals surface area (Å²) in [6.45, 7) is 4.96. The largest absolute Gasteiger partial charge is 0.448 e. The van der Waals surface area contributed by atoms with Crippen molar-refractivity contribution in [3.63, 3.8) is 0 Å². The summed E-state index contributed by atoms with van der Waals surface area (Å²) in [7, 11) is 0. The lowest BCUT2D eigenvalue weighted by Gasteiger charge is -2.33. The number of amides is 1. The Labute approximate surface area is 187 Å². The molecule has 0 aliphatic heterocycles. The first-order valence-corrected chi connectivity index (χ1v) is 12.0. The predicted octanol–water partition coefficient (Wildman–Crippen LogP) is 3.97. The van der Waals surface area contributed by atoms with Gasteiger partial charge in [-0.1, -0.05) is 19.3 Å². The number of aryl methyl sites for hydroxylation is 2. The Balaban J connectivity index is 1.57. The zero-order chi connectivity index (χ0) is 22.1. The van der Waals surface area contributed by atoms with E-state index in [0.717, 1.165) is 37.0 Å². The molecule has 1 unspecified atom stereocenters. The normalized spacial score (nSPS) is 15.7. The molecule has 1 aliphatic rings. The lowest BCUT2D eigenvalue weighted by molar-refractivity contribution is -0.127. The molecule has 10 heteroatoms. The quantitative estimate of drug-likeness (QED) is 0.578. The number of anilines is 1. The van der Waals surface area contributed by atoms with Crippen LogP contribution in [0, 0.1) is 13.8 Å². The van der Waals surface area contributed by atoms with Crippen LogP contribution in [0.3, 0.4) is 0 Å². The van der Waals surface area contributed by atoms with E-state index < -0.39 is 12.1 Å². The highest BCUT2D eigenvalue weighted by molar-refractivity contribution is 7.20. The van der Waals surface area contributed by atoms with Crippen molar-refractivity contribution >= 4 is 49.9 Å². The van der Waals surface area contributed by atoms with Crippen LogP contribution in [0.5, 0.6) is 0 Å². The fraction of sp³-hybridized carbons (Fsp3) is 0.476. The average Bonchev–Trinajstić information content (AvgIpc) is 3.37. The number of ether oxygens (including phenoxy) is 1. The van der Waals surface area contributed by atoms with Crippen LogP contribution in [0.2, 0.25) is 0 Å². The van der Waals surface area contributed by atoms with E-state index in [-0.39, 0.29) is 22.4 Å². The number of thiazole rings is 1. The van der Waals surface area contributed by atoms with Crippen molar-refractivity contribution in [1.82, 2.24) is 15.0 Å². The minimum atomic E-state index is -0.976. The summed E-state index contributed by atoms with van der Waals surface area (Å²) in [5.74, 6) is -0.421. The second-order valence-electron chi connectivity index (χ2n) is 7.75. The number of rotatable bonds is 5. The molecule has 3 heterocycles. The van der Waals surface area contributed by atoms with E-state index in [4.69, 9.17) is 4.74 Å². The second-order valence-corrected chi connectivity index (χ2v) is 9.62. The number of fused-ring (bicyclic) bond motifs is 1. The number of carbonyl (C=O) groups is 2. The molecule has 1 amide bonds. The first-order chi connectivity index (χ1) is 14.9. The molecule has 0 bridgehead atoms. The van der Waals surface area contributed by atoms with Crippen molar-refractivity contribution in [2.75, 3.05) is 4.90 Å². The third-order valence-corrected chi connectivity index (χ3v) is 7.48. The SMILES string of the molecule is Cc1nc2sc(C(=O)OC(C)C(=O)N(c3nccs3)C3CCCCC3)c(C)c2c(=O)[nH]1. The van der Waals surface area contributed by atoms with E-state index in [0.29, 0.717) is 26.7 Å². The molecule has 0 radical (unpaired) electrons. The molecule has 0 aromatic carbocycles. The van der Waals surface area contributed by atoms with Crippen LogP contribution >= 0.6 is 22.7 Å². The van der Waals surface area contributed by atoms with E-state index >= 15 is 0 Å². The van der Waals surface area contributed by atoms with Crippen LogP contribution in [0.1, 0.15) is 60.1 Å². The molecule has 1 atom stereocenters. The number of aromatic nitrogens is 3. The van der Waals surface area contributed by atoms with Crippen LogP contribution < -0.4 is 10.5 Å². The number of nitrogens with zero attached hydrogens (tertiary/aromatic N) is 3. The molecule has 0 saturated heterocycles. The van der Waals surface area contributed by atoms with Gasteiger partial charge in [0, 0.05) is 17.6 Å². The number of hydrogen-bond donors (Lipinski definition) is 1. The molecular formula is C21H24N4O4S2. The van der Waals surface area contributed by atoms with E-state index in [2.05, 4.69) is 15.0 Å². The maximum Gasteiger partial charge on any atom is 0.349 e. The second kappa shape index (κ2) is 8.88. The molecule has 1 fully saturated rings. The molecule has 3 aromatic heterocycles. The van der Waals surface area contributed by atoms with Crippen molar-refractivity contribution in [3.8, 4) is 0 Å². The number of esters is 1. The Bertz CT molecular complexity index is 1160. The molecule has 3 aromatic rings. The van der Waals surface area contributed by atoms with Gasteiger partial charge in [-0.25, -0.2) is 14.8 Å². The topological polar surface area (TPSA) is 105 Å². The van der Waals surface area contributed by atoms with Gasteiger partial charge < -0.3 is 9.72 Å². The molecule has 31 heavy (non-hydrogen) atoms. The van der Waals surface area contributed by atoms with Crippen LogP contribution in [-0.2, 0) is 9.53 Å². The maximum atomic E-state index is 13.3. The minimum absolute atomic E-state index is 0.0605. The van der Waals surface area contributed by atoms with E-state index in [9.17, 15) is 14.4 Å². The smallest absolute Gasteiger partial charge is 0.349 e. The summed E-state index contributed by atoms with van der Waals surface area (Å²) < 4.78 is 5.57. The van der Waals surface area contributed by atoms with E-state index in [1.165, 1.54) is 17.8 Å². The third-order valence-electron chi connectivity index (χ3n) is 5.54. The van der Waals surface area contributed by atoms with Gasteiger partial charge in [-0.05, 0) is 39.2 Å². The Morgan fingerprint density at radius 2 is 2.00 bits per heavy atom. The summed E-state index contributed by atoms with van der Waals surface area (Å²) >= 11 is 2.51. The summed E-state index contributed by atoms with van der Waals surface area (Å²) in [4.78, 5) is 52.3. The maximum absolute atomic E-state index is 13.3. The minimum Gasteiger partial charge on any atom is -0.448 e. The van der Waals surface area contributed by atoms with Crippen molar-refractivity contribution < 1.29 is 14.3 Å². The van der Waals surface area contributed by atoms with E-state index in [1.807, 2.05) is 5.38 Å². The monoisotopic (exact) mass is 460 g/mol. The lowest BCUT2D eigenvalue weighted by atomic mass is 9.94. The predicted molar refractivity (Wildman–Crippen MR) is 121 cm³/mol. The van der Waals surface area contributed by atoms with Gasteiger partial charge in [0.2, 0.25) is 0 Å². The molecule has 8 nitrogen and oxygen atoms in total. The highest BCUT2D eigenvalue weighted by Gasteiger charge is 2.34. The molecular weight excluding hydrogens is 436 g/mol. The molecule has 1 N–H and O–H groups in total. The fourth-order valence-electron chi connectivity index (χ4n) is 4.01. The number of nitrogens with one attached hydrogen (secondary N) is 1. The number of hydrogen-bond acceptors (Lipinski definition) is 8. The van der Waals surface area contributed by atoms with Gasteiger partial charge in [-0.3, -0.25) is 14.5 Å². The zero-order valence-electron chi connectivity index (χ0n) is 17.6. The molecule has 164 valence electrons. The number of aromatic amines is 1. The molecule has 1 aliphatic carbocycles. The van der Waals surface area contributed by atoms with Gasteiger partial charge in [0.05, 0.1) is 5.39 Å². The summed E-state index contributed by atoms with van der Waals surface area (Å²) in [6.07, 6.45) is 5.82. The Kier molecular flexibility index (Phi) is 6.19. The van der Waals surface area contributed by atoms with Crippen LogP contribution in [0.25, 0.3) is 10.2 Å². The van der Waals surface area contributed by atoms with E-state index in [1.54, 1.807) is 31.9 Å². The molecule has 4 rings (SSSR count). The summed E-state index contributed by atoms with van der Waals surface area (Å²) in [5.41, 5.74) is 0.231. The van der Waals surface area contributed by atoms with Crippen molar-refractivity contribution in [2.45, 2.75) is 65.0 Å². The highest BCUT2D eigenvalue weighted by atomic mass is 32.1. The highest BCUT2D eigenvalue weighted by Crippen LogP contribution is 2.31. The van der Waals surface area contributed by atoms with Gasteiger partial charge in [-0.2, -0.15) is 0 Å². The first-order valence-electron chi connectivity index (χ1n) is 10.3. The Morgan fingerprint density at radius 1 is 1.26 bits per heavy atom. The first kappa shape index (κ1) is 21.6. The number of H-pyrrole nitrogens is 1. The van der Waals surface area contributed by atoms with Gasteiger partial charge in [0.1, 0.15) is 15.5 Å². The van der Waals surface area contributed by atoms with Crippen molar-refractivity contribution in [2.24, 2.45) is 0 Å². The van der Waals surface area contributed by atoms with Crippen LogP contribution in [-0.4, -0.2) is 39.0 Å².